The maximum absolute atomic E-state index is 13.6. The van der Waals surface area contributed by atoms with Gasteiger partial charge in [-0.3, -0.25) is 14.5 Å². The molecule has 1 aromatic carbocycles. The minimum absolute atomic E-state index is 0.103. The minimum atomic E-state index is -0.878. The van der Waals surface area contributed by atoms with Crippen molar-refractivity contribution in [2.75, 3.05) is 11.5 Å². The number of nitrogens with one attached hydrogen (secondary N) is 1. The average Bonchev–Trinajstić information content (AvgIpc) is 3.61. The monoisotopic (exact) mass is 466 g/mol. The molecule has 172 valence electrons. The second-order valence-corrected chi connectivity index (χ2v) is 8.81. The van der Waals surface area contributed by atoms with Crippen molar-refractivity contribution in [2.24, 2.45) is 0 Å². The lowest BCUT2D eigenvalue weighted by molar-refractivity contribution is -0.123. The first-order valence-corrected chi connectivity index (χ1v) is 11.9. The molecule has 0 spiro atoms. The van der Waals surface area contributed by atoms with Gasteiger partial charge in [-0.1, -0.05) is 18.9 Å². The Bertz CT molecular complexity index is 1070. The number of hydrogen-bond donors (Lipinski definition) is 1. The Balaban J connectivity index is 1.73. The molecule has 2 heterocycles. The largest absolute Gasteiger partial charge is 0.462 e. The van der Waals surface area contributed by atoms with E-state index in [0.717, 1.165) is 30.6 Å². The van der Waals surface area contributed by atoms with Crippen molar-refractivity contribution in [3.63, 3.8) is 0 Å². The number of benzene rings is 1. The summed E-state index contributed by atoms with van der Waals surface area (Å²) in [6.07, 6.45) is 5.46. The fraction of sp³-hybridized carbons (Fsp3) is 0.320. The van der Waals surface area contributed by atoms with Crippen molar-refractivity contribution in [3.8, 4) is 0 Å². The van der Waals surface area contributed by atoms with E-state index in [1.807, 2.05) is 17.5 Å². The Kier molecular flexibility index (Phi) is 7.24. The molecule has 7 nitrogen and oxygen atoms in total. The number of nitrogens with zero attached hydrogens (tertiary/aromatic N) is 1. The number of amides is 2. The first kappa shape index (κ1) is 22.8. The van der Waals surface area contributed by atoms with E-state index in [4.69, 9.17) is 9.15 Å². The van der Waals surface area contributed by atoms with Crippen molar-refractivity contribution in [1.82, 2.24) is 5.32 Å². The summed E-state index contributed by atoms with van der Waals surface area (Å²) in [5.41, 5.74) is 0.846. The highest BCUT2D eigenvalue weighted by atomic mass is 32.1. The minimum Gasteiger partial charge on any atom is -0.462 e. The highest BCUT2D eigenvalue weighted by Gasteiger charge is 2.36. The molecule has 1 aliphatic rings. The summed E-state index contributed by atoms with van der Waals surface area (Å²) in [5, 5.41) is 5.01. The van der Waals surface area contributed by atoms with Crippen molar-refractivity contribution in [2.45, 2.75) is 44.7 Å². The summed E-state index contributed by atoms with van der Waals surface area (Å²) in [6, 6.07) is 12.6. The molecule has 2 aromatic heterocycles. The Morgan fingerprint density at radius 3 is 2.48 bits per heavy atom. The van der Waals surface area contributed by atoms with Crippen LogP contribution < -0.4 is 10.2 Å². The number of rotatable bonds is 8. The fourth-order valence-corrected chi connectivity index (χ4v) is 4.86. The van der Waals surface area contributed by atoms with Crippen LogP contribution in [0, 0.1) is 0 Å². The van der Waals surface area contributed by atoms with Gasteiger partial charge in [0, 0.05) is 16.6 Å². The van der Waals surface area contributed by atoms with Crippen LogP contribution in [0.2, 0.25) is 0 Å². The summed E-state index contributed by atoms with van der Waals surface area (Å²) >= 11 is 1.41. The molecule has 1 aliphatic carbocycles. The van der Waals surface area contributed by atoms with Crippen molar-refractivity contribution in [1.29, 1.82) is 0 Å². The van der Waals surface area contributed by atoms with Gasteiger partial charge < -0.3 is 14.5 Å². The number of furan rings is 1. The number of ether oxygens (including phenoxy) is 1. The summed E-state index contributed by atoms with van der Waals surface area (Å²) in [4.78, 5) is 41.4. The second-order valence-electron chi connectivity index (χ2n) is 7.83. The molecular weight excluding hydrogens is 440 g/mol. The molecule has 1 fully saturated rings. The molecule has 1 saturated carbocycles. The number of anilines is 1. The summed E-state index contributed by atoms with van der Waals surface area (Å²) < 4.78 is 10.4. The van der Waals surface area contributed by atoms with E-state index in [2.05, 4.69) is 5.32 Å². The molecule has 0 saturated heterocycles. The third-order valence-corrected chi connectivity index (χ3v) is 6.55. The van der Waals surface area contributed by atoms with E-state index in [9.17, 15) is 14.4 Å². The van der Waals surface area contributed by atoms with Crippen LogP contribution in [-0.2, 0) is 9.53 Å². The average molecular weight is 467 g/mol. The number of hydrogen-bond acceptors (Lipinski definition) is 6. The standard InChI is InChI=1S/C25H26N2O5S/c1-2-31-25(30)17-11-13-19(14-12-17)27(24(29)20-9-5-15-32-20)22(21-10-6-16-33-21)23(28)26-18-7-3-4-8-18/h5-6,9-16,18,22H,2-4,7-8H2,1H3,(H,26,28)/t22-/m1/s1. The molecule has 0 bridgehead atoms. The normalized spacial score (nSPS) is 14.6. The van der Waals surface area contributed by atoms with E-state index < -0.39 is 17.9 Å². The molecule has 1 atom stereocenters. The third kappa shape index (κ3) is 5.17. The zero-order valence-corrected chi connectivity index (χ0v) is 19.2. The zero-order chi connectivity index (χ0) is 23.2. The lowest BCUT2D eigenvalue weighted by atomic mass is 10.1. The molecule has 0 aliphatic heterocycles. The lowest BCUT2D eigenvalue weighted by Gasteiger charge is -2.31. The van der Waals surface area contributed by atoms with Gasteiger partial charge in [0.1, 0.15) is 0 Å². The van der Waals surface area contributed by atoms with E-state index >= 15 is 0 Å². The van der Waals surface area contributed by atoms with Gasteiger partial charge >= 0.3 is 5.97 Å². The van der Waals surface area contributed by atoms with Gasteiger partial charge in [-0.15, -0.1) is 11.3 Å². The van der Waals surface area contributed by atoms with Crippen molar-refractivity contribution in [3.05, 3.63) is 76.4 Å². The third-order valence-electron chi connectivity index (χ3n) is 5.63. The van der Waals surface area contributed by atoms with E-state index in [-0.39, 0.29) is 24.3 Å². The molecule has 0 unspecified atom stereocenters. The Hall–Kier alpha value is -3.39. The second kappa shape index (κ2) is 10.5. The van der Waals surface area contributed by atoms with Crippen LogP contribution in [0.1, 0.15) is 64.4 Å². The molecule has 3 aromatic rings. The molecule has 2 amide bonds. The van der Waals surface area contributed by atoms with E-state index in [1.165, 1.54) is 22.5 Å². The quantitative estimate of drug-likeness (QED) is 0.474. The first-order valence-electron chi connectivity index (χ1n) is 11.1. The fourth-order valence-electron chi connectivity index (χ4n) is 4.05. The Morgan fingerprint density at radius 2 is 1.88 bits per heavy atom. The van der Waals surface area contributed by atoms with Crippen molar-refractivity contribution >= 4 is 34.8 Å². The van der Waals surface area contributed by atoms with Gasteiger partial charge in [0.05, 0.1) is 18.4 Å². The van der Waals surface area contributed by atoms with Crippen LogP contribution in [0.4, 0.5) is 5.69 Å². The highest BCUT2D eigenvalue weighted by molar-refractivity contribution is 7.10. The Labute approximate surface area is 196 Å². The summed E-state index contributed by atoms with van der Waals surface area (Å²) in [7, 11) is 0. The SMILES string of the molecule is CCOC(=O)c1ccc(N(C(=O)c2ccco2)[C@@H](C(=O)NC2CCCC2)c2cccs2)cc1. The van der Waals surface area contributed by atoms with Gasteiger partial charge in [-0.25, -0.2) is 4.79 Å². The van der Waals surface area contributed by atoms with Gasteiger partial charge in [0.15, 0.2) is 11.8 Å². The summed E-state index contributed by atoms with van der Waals surface area (Å²) in [5.74, 6) is -0.996. The van der Waals surface area contributed by atoms with Crippen LogP contribution >= 0.6 is 11.3 Å². The maximum atomic E-state index is 13.6. The lowest BCUT2D eigenvalue weighted by Crippen LogP contribution is -2.46. The van der Waals surface area contributed by atoms with E-state index in [0.29, 0.717) is 11.3 Å². The number of carbonyl (C=O) groups is 3. The number of esters is 1. The highest BCUT2D eigenvalue weighted by Crippen LogP contribution is 2.33. The smallest absolute Gasteiger partial charge is 0.338 e. The van der Waals surface area contributed by atoms with Gasteiger partial charge in [0.25, 0.3) is 5.91 Å². The van der Waals surface area contributed by atoms with E-state index in [1.54, 1.807) is 43.3 Å². The van der Waals surface area contributed by atoms with Crippen LogP contribution in [0.5, 0.6) is 0 Å². The van der Waals surface area contributed by atoms with Crippen LogP contribution in [0.3, 0.4) is 0 Å². The Morgan fingerprint density at radius 1 is 1.12 bits per heavy atom. The molecule has 4 rings (SSSR count). The van der Waals surface area contributed by atoms with Gasteiger partial charge in [-0.2, -0.15) is 0 Å². The van der Waals surface area contributed by atoms with Crippen LogP contribution in [0.15, 0.2) is 64.6 Å². The van der Waals surface area contributed by atoms with Crippen LogP contribution in [0.25, 0.3) is 0 Å². The molecule has 0 radical (unpaired) electrons. The van der Waals surface area contributed by atoms with Gasteiger partial charge in [-0.05, 0) is 67.6 Å². The zero-order valence-electron chi connectivity index (χ0n) is 18.4. The number of thiophene rings is 1. The van der Waals surface area contributed by atoms with Crippen LogP contribution in [-0.4, -0.2) is 30.4 Å². The number of carbonyl (C=O) groups excluding carboxylic acids is 3. The first-order chi connectivity index (χ1) is 16.1. The molecule has 33 heavy (non-hydrogen) atoms. The predicted octanol–water partition coefficient (Wildman–Crippen LogP) is 4.96. The topological polar surface area (TPSA) is 88.8 Å². The van der Waals surface area contributed by atoms with Gasteiger partial charge in [0.2, 0.25) is 5.91 Å². The molecule has 8 heteroatoms. The molecular formula is C25H26N2O5S. The predicted molar refractivity (Wildman–Crippen MR) is 125 cm³/mol. The maximum Gasteiger partial charge on any atom is 0.338 e. The van der Waals surface area contributed by atoms with Crippen molar-refractivity contribution < 1.29 is 23.5 Å². The molecule has 1 N–H and O–H groups in total. The summed E-state index contributed by atoms with van der Waals surface area (Å²) in [6.45, 7) is 2.01.